The summed E-state index contributed by atoms with van der Waals surface area (Å²) in [6.07, 6.45) is 3.41. The zero-order valence-electron chi connectivity index (χ0n) is 10.3. The molecule has 1 N–H and O–H groups in total. The SMILES string of the molecule is CCCCCOB(O)C(C)(C)C(C)C. The van der Waals surface area contributed by atoms with E-state index in [9.17, 15) is 5.02 Å². The zero-order chi connectivity index (χ0) is 11.2. The van der Waals surface area contributed by atoms with E-state index in [1.165, 1.54) is 12.8 Å². The third kappa shape index (κ3) is 4.47. The van der Waals surface area contributed by atoms with Crippen molar-refractivity contribution < 1.29 is 9.68 Å². The van der Waals surface area contributed by atoms with Crippen LogP contribution in [0.15, 0.2) is 0 Å². The number of hydrogen-bond acceptors (Lipinski definition) is 2. The van der Waals surface area contributed by atoms with Crippen molar-refractivity contribution in [2.45, 2.75) is 59.2 Å². The molecule has 0 aliphatic carbocycles. The molecule has 0 spiro atoms. The molecule has 0 aromatic carbocycles. The van der Waals surface area contributed by atoms with Crippen molar-refractivity contribution in [3.8, 4) is 0 Å². The van der Waals surface area contributed by atoms with Gasteiger partial charge < -0.3 is 9.68 Å². The fraction of sp³-hybridized carbons (Fsp3) is 1.00. The van der Waals surface area contributed by atoms with Gasteiger partial charge in [0.15, 0.2) is 0 Å². The van der Waals surface area contributed by atoms with E-state index >= 15 is 0 Å². The molecule has 0 heterocycles. The molecule has 0 aromatic rings. The second kappa shape index (κ2) is 6.47. The van der Waals surface area contributed by atoms with Gasteiger partial charge in [-0.05, 0) is 12.3 Å². The van der Waals surface area contributed by atoms with Gasteiger partial charge in [0.1, 0.15) is 0 Å². The van der Waals surface area contributed by atoms with E-state index in [1.807, 2.05) is 13.8 Å². The molecule has 0 saturated heterocycles. The molecule has 0 unspecified atom stereocenters. The van der Waals surface area contributed by atoms with Crippen LogP contribution >= 0.6 is 0 Å². The minimum atomic E-state index is -0.639. The maximum atomic E-state index is 9.82. The van der Waals surface area contributed by atoms with Crippen molar-refractivity contribution >= 4 is 7.12 Å². The molecule has 0 atom stereocenters. The van der Waals surface area contributed by atoms with Crippen LogP contribution in [0.4, 0.5) is 0 Å². The van der Waals surface area contributed by atoms with Gasteiger partial charge in [0.25, 0.3) is 0 Å². The summed E-state index contributed by atoms with van der Waals surface area (Å²) in [6.45, 7) is 11.1. The Morgan fingerprint density at radius 2 is 1.86 bits per heavy atom. The first-order chi connectivity index (χ1) is 6.42. The van der Waals surface area contributed by atoms with Gasteiger partial charge in [-0.3, -0.25) is 0 Å². The average Bonchev–Trinajstić information content (AvgIpc) is 2.11. The monoisotopic (exact) mass is 200 g/mol. The first-order valence-electron chi connectivity index (χ1n) is 5.72. The molecule has 0 bridgehead atoms. The van der Waals surface area contributed by atoms with Crippen LogP contribution in [0.3, 0.4) is 0 Å². The van der Waals surface area contributed by atoms with E-state index in [2.05, 4.69) is 20.8 Å². The highest BCUT2D eigenvalue weighted by atomic mass is 16.5. The summed E-state index contributed by atoms with van der Waals surface area (Å²) in [6, 6.07) is 0. The van der Waals surface area contributed by atoms with Crippen molar-refractivity contribution in [1.29, 1.82) is 0 Å². The van der Waals surface area contributed by atoms with Crippen LogP contribution < -0.4 is 0 Å². The molecule has 0 aromatic heterocycles. The lowest BCUT2D eigenvalue weighted by molar-refractivity contribution is 0.213. The fourth-order valence-corrected chi connectivity index (χ4v) is 1.05. The Labute approximate surface area is 89.2 Å². The van der Waals surface area contributed by atoms with Crippen LogP contribution in [-0.2, 0) is 4.65 Å². The average molecular weight is 200 g/mol. The first kappa shape index (κ1) is 14.0. The van der Waals surface area contributed by atoms with Crippen LogP contribution in [-0.4, -0.2) is 18.7 Å². The molecule has 0 aliphatic heterocycles. The van der Waals surface area contributed by atoms with Crippen LogP contribution in [0.25, 0.3) is 0 Å². The minimum Gasteiger partial charge on any atom is -0.427 e. The third-order valence-corrected chi connectivity index (χ3v) is 3.15. The molecule has 0 amide bonds. The standard InChI is InChI=1S/C11H25BO2/c1-6-7-8-9-14-12(13)11(4,5)10(2)3/h10,13H,6-9H2,1-5H3. The fourth-order valence-electron chi connectivity index (χ4n) is 1.05. The van der Waals surface area contributed by atoms with Crippen molar-refractivity contribution in [3.63, 3.8) is 0 Å². The molecular formula is C11H25BO2. The highest BCUT2D eigenvalue weighted by molar-refractivity contribution is 6.46. The summed E-state index contributed by atoms with van der Waals surface area (Å²) in [5.74, 6) is 0.420. The van der Waals surface area contributed by atoms with E-state index in [4.69, 9.17) is 4.65 Å². The van der Waals surface area contributed by atoms with Gasteiger partial charge in [0.2, 0.25) is 0 Å². The van der Waals surface area contributed by atoms with Crippen LogP contribution in [0.1, 0.15) is 53.9 Å². The Balaban J connectivity index is 3.77. The second-order valence-electron chi connectivity index (χ2n) is 4.91. The number of unbranched alkanes of at least 4 members (excludes halogenated alkanes) is 2. The molecule has 0 aliphatic rings. The van der Waals surface area contributed by atoms with E-state index in [0.29, 0.717) is 12.5 Å². The highest BCUT2D eigenvalue weighted by Gasteiger charge is 2.37. The lowest BCUT2D eigenvalue weighted by Crippen LogP contribution is -2.35. The first-order valence-corrected chi connectivity index (χ1v) is 5.72. The number of hydrogen-bond donors (Lipinski definition) is 1. The zero-order valence-corrected chi connectivity index (χ0v) is 10.3. The third-order valence-electron chi connectivity index (χ3n) is 3.15. The lowest BCUT2D eigenvalue weighted by atomic mass is 9.54. The van der Waals surface area contributed by atoms with E-state index in [0.717, 1.165) is 6.42 Å². The summed E-state index contributed by atoms with van der Waals surface area (Å²) >= 11 is 0. The molecule has 2 nitrogen and oxygen atoms in total. The lowest BCUT2D eigenvalue weighted by Gasteiger charge is -2.30. The van der Waals surface area contributed by atoms with Gasteiger partial charge in [-0.2, -0.15) is 0 Å². The summed E-state index contributed by atoms with van der Waals surface area (Å²) in [7, 11) is -0.639. The summed E-state index contributed by atoms with van der Waals surface area (Å²) < 4.78 is 5.43. The highest BCUT2D eigenvalue weighted by Crippen LogP contribution is 2.36. The van der Waals surface area contributed by atoms with Gasteiger partial charge in [-0.25, -0.2) is 0 Å². The largest absolute Gasteiger partial charge is 0.460 e. The Hall–Kier alpha value is -0.0151. The Morgan fingerprint density at radius 1 is 1.29 bits per heavy atom. The smallest absolute Gasteiger partial charge is 0.427 e. The molecule has 0 rings (SSSR count). The normalized spacial score (nSPS) is 12.2. The summed E-state index contributed by atoms with van der Waals surface area (Å²) in [4.78, 5) is 0. The van der Waals surface area contributed by atoms with E-state index in [-0.39, 0.29) is 5.31 Å². The quantitative estimate of drug-likeness (QED) is 0.505. The predicted molar refractivity (Wildman–Crippen MR) is 62.3 cm³/mol. The van der Waals surface area contributed by atoms with Gasteiger partial charge in [0, 0.05) is 11.9 Å². The molecule has 84 valence electrons. The van der Waals surface area contributed by atoms with Crippen molar-refractivity contribution in [2.24, 2.45) is 5.92 Å². The van der Waals surface area contributed by atoms with Gasteiger partial charge in [-0.1, -0.05) is 47.5 Å². The summed E-state index contributed by atoms with van der Waals surface area (Å²) in [5.41, 5.74) is 0. The second-order valence-corrected chi connectivity index (χ2v) is 4.91. The van der Waals surface area contributed by atoms with Crippen molar-refractivity contribution in [3.05, 3.63) is 0 Å². The summed E-state index contributed by atoms with van der Waals surface area (Å²) in [5, 5.41) is 9.66. The van der Waals surface area contributed by atoms with Crippen LogP contribution in [0.2, 0.25) is 5.31 Å². The minimum absolute atomic E-state index is 0.161. The molecule has 0 radical (unpaired) electrons. The molecule has 3 heteroatoms. The molecular weight excluding hydrogens is 175 g/mol. The van der Waals surface area contributed by atoms with Crippen LogP contribution in [0, 0.1) is 5.92 Å². The van der Waals surface area contributed by atoms with Crippen LogP contribution in [0.5, 0.6) is 0 Å². The Morgan fingerprint density at radius 3 is 2.29 bits per heavy atom. The van der Waals surface area contributed by atoms with Crippen molar-refractivity contribution in [2.75, 3.05) is 6.61 Å². The van der Waals surface area contributed by atoms with E-state index < -0.39 is 7.12 Å². The molecule has 0 saturated carbocycles. The maximum Gasteiger partial charge on any atom is 0.460 e. The maximum absolute atomic E-state index is 9.82. The van der Waals surface area contributed by atoms with Crippen molar-refractivity contribution in [1.82, 2.24) is 0 Å². The molecule has 14 heavy (non-hydrogen) atoms. The topological polar surface area (TPSA) is 29.5 Å². The van der Waals surface area contributed by atoms with Gasteiger partial charge in [-0.15, -0.1) is 0 Å². The predicted octanol–water partition coefficient (Wildman–Crippen LogP) is 3.11. The van der Waals surface area contributed by atoms with Gasteiger partial charge >= 0.3 is 7.12 Å². The number of rotatable bonds is 7. The molecule has 0 fully saturated rings. The van der Waals surface area contributed by atoms with E-state index in [1.54, 1.807) is 0 Å². The Bertz CT molecular complexity index is 146. The van der Waals surface area contributed by atoms with Gasteiger partial charge in [0.05, 0.1) is 0 Å². The Kier molecular flexibility index (Phi) is 6.46.